The van der Waals surface area contributed by atoms with Crippen molar-refractivity contribution >= 4 is 0 Å². The van der Waals surface area contributed by atoms with Crippen LogP contribution >= 0.6 is 0 Å². The molecule has 0 bridgehead atoms. The number of hydrogen-bond acceptors (Lipinski definition) is 4. The van der Waals surface area contributed by atoms with Gasteiger partial charge in [-0.1, -0.05) is 11.6 Å². The molecule has 1 saturated carbocycles. The highest BCUT2D eigenvalue weighted by Gasteiger charge is 2.42. The number of benzene rings is 1. The number of aromatic nitrogens is 2. The smallest absolute Gasteiger partial charge is 0.234 e. The molecule has 4 nitrogen and oxygen atoms in total. The van der Waals surface area contributed by atoms with E-state index in [0.717, 1.165) is 31.4 Å². The second-order valence-electron chi connectivity index (χ2n) is 5.59. The van der Waals surface area contributed by atoms with Crippen LogP contribution in [0, 0.1) is 17.5 Å². The Balaban J connectivity index is 1.99. The molecule has 3 rings (SSSR count). The van der Waals surface area contributed by atoms with Gasteiger partial charge < -0.3 is 10.3 Å². The van der Waals surface area contributed by atoms with Crippen LogP contribution in [-0.2, 0) is 5.41 Å². The van der Waals surface area contributed by atoms with Gasteiger partial charge in [0.1, 0.15) is 0 Å². The Labute approximate surface area is 119 Å². The molecule has 0 saturated heterocycles. The molecule has 1 fully saturated rings. The van der Waals surface area contributed by atoms with Gasteiger partial charge in [-0.25, -0.2) is 13.2 Å². The molecule has 112 valence electrons. The summed E-state index contributed by atoms with van der Waals surface area (Å²) in [5.41, 5.74) is 5.65. The van der Waals surface area contributed by atoms with Gasteiger partial charge in [0.25, 0.3) is 0 Å². The fraction of sp³-hybridized carbons (Fsp3) is 0.429. The largest absolute Gasteiger partial charge is 0.338 e. The van der Waals surface area contributed by atoms with Crippen LogP contribution in [0.5, 0.6) is 0 Å². The van der Waals surface area contributed by atoms with Crippen molar-refractivity contribution < 1.29 is 17.7 Å². The summed E-state index contributed by atoms with van der Waals surface area (Å²) in [5, 5.41) is 3.73. The van der Waals surface area contributed by atoms with E-state index < -0.39 is 22.9 Å². The highest BCUT2D eigenvalue weighted by atomic mass is 19.2. The standard InChI is InChI=1S/C14H14F3N3O/c1-14(4-2-3-10(14)18)13-19-12(20-21-13)7-5-8(15)11(17)9(16)6-7/h5-6,10H,2-4,18H2,1H3. The fourth-order valence-corrected chi connectivity index (χ4v) is 2.72. The van der Waals surface area contributed by atoms with Crippen molar-refractivity contribution in [3.8, 4) is 11.4 Å². The van der Waals surface area contributed by atoms with E-state index >= 15 is 0 Å². The first-order valence-electron chi connectivity index (χ1n) is 6.66. The number of hydrogen-bond donors (Lipinski definition) is 1. The van der Waals surface area contributed by atoms with E-state index in [1.807, 2.05) is 6.92 Å². The summed E-state index contributed by atoms with van der Waals surface area (Å²) in [4.78, 5) is 4.18. The number of rotatable bonds is 2. The molecule has 0 radical (unpaired) electrons. The van der Waals surface area contributed by atoms with E-state index in [1.54, 1.807) is 0 Å². The molecule has 0 spiro atoms. The average molecular weight is 297 g/mol. The van der Waals surface area contributed by atoms with Crippen molar-refractivity contribution in [2.75, 3.05) is 0 Å². The normalized spacial score (nSPS) is 25.5. The topological polar surface area (TPSA) is 64.9 Å². The lowest BCUT2D eigenvalue weighted by Crippen LogP contribution is -2.38. The second-order valence-corrected chi connectivity index (χ2v) is 5.59. The number of nitrogens with zero attached hydrogens (tertiary/aromatic N) is 2. The second kappa shape index (κ2) is 4.84. The third-order valence-electron chi connectivity index (χ3n) is 4.19. The third kappa shape index (κ3) is 2.21. The van der Waals surface area contributed by atoms with Crippen molar-refractivity contribution in [3.63, 3.8) is 0 Å². The summed E-state index contributed by atoms with van der Waals surface area (Å²) >= 11 is 0. The minimum absolute atomic E-state index is 0.0168. The van der Waals surface area contributed by atoms with Crippen LogP contribution in [0.3, 0.4) is 0 Å². The van der Waals surface area contributed by atoms with E-state index in [9.17, 15) is 13.2 Å². The molecule has 0 aliphatic heterocycles. The molecular formula is C14H14F3N3O. The van der Waals surface area contributed by atoms with Gasteiger partial charge >= 0.3 is 0 Å². The molecule has 2 aromatic rings. The Morgan fingerprint density at radius 2 is 1.95 bits per heavy atom. The molecule has 2 atom stereocenters. The van der Waals surface area contributed by atoms with Gasteiger partial charge in [-0.15, -0.1) is 0 Å². The Kier molecular flexibility index (Phi) is 3.24. The van der Waals surface area contributed by atoms with Crippen LogP contribution in [0.4, 0.5) is 13.2 Å². The SMILES string of the molecule is CC1(c2nc(-c3cc(F)c(F)c(F)c3)no2)CCCC1N. The summed E-state index contributed by atoms with van der Waals surface area (Å²) in [6.45, 7) is 1.92. The molecule has 1 aliphatic carbocycles. The molecule has 0 amide bonds. The first kappa shape index (κ1) is 14.1. The zero-order chi connectivity index (χ0) is 15.2. The van der Waals surface area contributed by atoms with Crippen LogP contribution in [0.25, 0.3) is 11.4 Å². The van der Waals surface area contributed by atoms with Crippen molar-refractivity contribution in [1.29, 1.82) is 0 Å². The molecule has 2 unspecified atom stereocenters. The zero-order valence-corrected chi connectivity index (χ0v) is 11.4. The van der Waals surface area contributed by atoms with Crippen LogP contribution in [0.2, 0.25) is 0 Å². The van der Waals surface area contributed by atoms with E-state index in [4.69, 9.17) is 10.3 Å². The van der Waals surface area contributed by atoms with Gasteiger partial charge in [0.2, 0.25) is 11.7 Å². The van der Waals surface area contributed by atoms with Gasteiger partial charge in [-0.2, -0.15) is 4.98 Å². The summed E-state index contributed by atoms with van der Waals surface area (Å²) in [5.74, 6) is -3.75. The highest BCUT2D eigenvalue weighted by Crippen LogP contribution is 2.39. The number of nitrogens with two attached hydrogens (primary N) is 1. The fourth-order valence-electron chi connectivity index (χ4n) is 2.72. The van der Waals surface area contributed by atoms with E-state index in [1.165, 1.54) is 0 Å². The van der Waals surface area contributed by atoms with Crippen molar-refractivity contribution in [2.24, 2.45) is 5.73 Å². The van der Waals surface area contributed by atoms with Crippen molar-refractivity contribution in [1.82, 2.24) is 10.1 Å². The molecule has 1 aromatic heterocycles. The van der Waals surface area contributed by atoms with Crippen molar-refractivity contribution in [3.05, 3.63) is 35.5 Å². The third-order valence-corrected chi connectivity index (χ3v) is 4.19. The van der Waals surface area contributed by atoms with Gasteiger partial charge in [0.15, 0.2) is 17.5 Å². The summed E-state index contributed by atoms with van der Waals surface area (Å²) in [6.07, 6.45) is 2.62. The van der Waals surface area contributed by atoms with Gasteiger partial charge in [0, 0.05) is 11.6 Å². The zero-order valence-electron chi connectivity index (χ0n) is 11.4. The van der Waals surface area contributed by atoms with E-state index in [-0.39, 0.29) is 17.4 Å². The summed E-state index contributed by atoms with van der Waals surface area (Å²) < 4.78 is 44.7. The molecular weight excluding hydrogens is 283 g/mol. The first-order chi connectivity index (χ1) is 9.91. The van der Waals surface area contributed by atoms with E-state index in [2.05, 4.69) is 10.1 Å². The quantitative estimate of drug-likeness (QED) is 0.866. The van der Waals surface area contributed by atoms with Crippen LogP contribution in [0.15, 0.2) is 16.7 Å². The summed E-state index contributed by atoms with van der Waals surface area (Å²) in [7, 11) is 0. The first-order valence-corrected chi connectivity index (χ1v) is 6.66. The van der Waals surface area contributed by atoms with E-state index in [0.29, 0.717) is 5.89 Å². The van der Waals surface area contributed by atoms with Gasteiger partial charge in [-0.3, -0.25) is 0 Å². The minimum atomic E-state index is -1.52. The maximum atomic E-state index is 13.2. The maximum absolute atomic E-state index is 13.2. The lowest BCUT2D eigenvalue weighted by Gasteiger charge is -2.23. The lowest BCUT2D eigenvalue weighted by atomic mass is 9.85. The maximum Gasteiger partial charge on any atom is 0.234 e. The highest BCUT2D eigenvalue weighted by molar-refractivity contribution is 5.54. The predicted molar refractivity (Wildman–Crippen MR) is 68.8 cm³/mol. The molecule has 1 heterocycles. The van der Waals surface area contributed by atoms with Crippen molar-refractivity contribution in [2.45, 2.75) is 37.6 Å². The summed E-state index contributed by atoms with van der Waals surface area (Å²) in [6, 6.07) is 1.57. The Hall–Kier alpha value is -1.89. The lowest BCUT2D eigenvalue weighted by molar-refractivity contribution is 0.278. The number of halogens is 3. The Bertz CT molecular complexity index is 665. The molecule has 7 heteroatoms. The van der Waals surface area contributed by atoms with Crippen LogP contribution in [0.1, 0.15) is 32.1 Å². The minimum Gasteiger partial charge on any atom is -0.338 e. The van der Waals surface area contributed by atoms with Gasteiger partial charge in [-0.05, 0) is 31.9 Å². The predicted octanol–water partition coefficient (Wildman–Crippen LogP) is 2.92. The van der Waals surface area contributed by atoms with Crippen LogP contribution < -0.4 is 5.73 Å². The van der Waals surface area contributed by atoms with Crippen LogP contribution in [-0.4, -0.2) is 16.2 Å². The molecule has 2 N–H and O–H groups in total. The van der Waals surface area contributed by atoms with Gasteiger partial charge in [0.05, 0.1) is 5.41 Å². The Morgan fingerprint density at radius 1 is 1.29 bits per heavy atom. The molecule has 1 aromatic carbocycles. The molecule has 1 aliphatic rings. The average Bonchev–Trinajstić information content (AvgIpc) is 3.05. The Morgan fingerprint density at radius 3 is 2.52 bits per heavy atom. The monoisotopic (exact) mass is 297 g/mol. The molecule has 21 heavy (non-hydrogen) atoms.